The average Bonchev–Trinajstić information content (AvgIpc) is 2.83. The first kappa shape index (κ1) is 16.4. The van der Waals surface area contributed by atoms with Gasteiger partial charge in [-0.1, -0.05) is 25.5 Å². The fourth-order valence-corrected chi connectivity index (χ4v) is 6.61. The molecule has 0 heterocycles. The molecule has 0 spiro atoms. The third-order valence-corrected chi connectivity index (χ3v) is 8.02. The zero-order chi connectivity index (χ0) is 17.1. The van der Waals surface area contributed by atoms with Crippen molar-refractivity contribution < 1.29 is 14.3 Å². The Morgan fingerprint density at radius 3 is 2.71 bits per heavy atom. The van der Waals surface area contributed by atoms with Crippen LogP contribution in [-0.2, 0) is 14.3 Å². The topological polar surface area (TPSA) is 43.4 Å². The minimum atomic E-state index is -0.144. The van der Waals surface area contributed by atoms with E-state index >= 15 is 0 Å². The highest BCUT2D eigenvalue weighted by molar-refractivity contribution is 5.87. The van der Waals surface area contributed by atoms with E-state index in [-0.39, 0.29) is 22.9 Å². The quantitative estimate of drug-likeness (QED) is 0.527. The maximum absolute atomic E-state index is 12.4. The summed E-state index contributed by atoms with van der Waals surface area (Å²) in [5.41, 5.74) is 1.82. The van der Waals surface area contributed by atoms with Gasteiger partial charge < -0.3 is 4.74 Å². The van der Waals surface area contributed by atoms with Crippen molar-refractivity contribution in [1.82, 2.24) is 0 Å². The van der Waals surface area contributed by atoms with Crippen LogP contribution in [0.5, 0.6) is 0 Å². The first-order valence-corrected chi connectivity index (χ1v) is 9.75. The molecule has 24 heavy (non-hydrogen) atoms. The molecule has 3 nitrogen and oxygen atoms in total. The fraction of sp³-hybridized carbons (Fsp3) is 0.810. The number of Topliss-reactive ketones (excluding diaryl/α,β-unsaturated/α-hetero) is 1. The molecule has 0 aliphatic heterocycles. The number of carbonyl (C=O) groups is 2. The molecule has 132 valence electrons. The molecule has 4 aliphatic carbocycles. The molecule has 0 aromatic rings. The minimum Gasteiger partial charge on any atom is -0.463 e. The van der Waals surface area contributed by atoms with Crippen LogP contribution in [0.1, 0.15) is 72.1 Å². The van der Waals surface area contributed by atoms with E-state index in [2.05, 4.69) is 19.9 Å². The number of carbonyl (C=O) groups excluding carboxylic acids is 2. The minimum absolute atomic E-state index is 0.0910. The van der Waals surface area contributed by atoms with Crippen molar-refractivity contribution in [2.24, 2.45) is 28.6 Å². The number of ketones is 1. The summed E-state index contributed by atoms with van der Waals surface area (Å²) < 4.78 is 5.52. The van der Waals surface area contributed by atoms with Crippen molar-refractivity contribution in [3.63, 3.8) is 0 Å². The van der Waals surface area contributed by atoms with Gasteiger partial charge in [0.2, 0.25) is 0 Å². The predicted octanol–water partition coefficient (Wildman–Crippen LogP) is 4.45. The molecule has 0 bridgehead atoms. The Morgan fingerprint density at radius 2 is 1.96 bits per heavy atom. The fourth-order valence-electron chi connectivity index (χ4n) is 6.61. The van der Waals surface area contributed by atoms with Crippen molar-refractivity contribution in [3.05, 3.63) is 11.6 Å². The summed E-state index contributed by atoms with van der Waals surface area (Å²) in [5.74, 6) is 2.15. The van der Waals surface area contributed by atoms with Gasteiger partial charge in [-0.05, 0) is 68.1 Å². The van der Waals surface area contributed by atoms with E-state index in [1.165, 1.54) is 19.8 Å². The molecule has 3 saturated carbocycles. The maximum Gasteiger partial charge on any atom is 0.302 e. The van der Waals surface area contributed by atoms with Gasteiger partial charge in [0.1, 0.15) is 11.9 Å². The number of hydrogen-bond donors (Lipinski definition) is 0. The Balaban J connectivity index is 1.60. The second-order valence-electron chi connectivity index (χ2n) is 9.15. The van der Waals surface area contributed by atoms with Gasteiger partial charge in [0, 0.05) is 18.8 Å². The predicted molar refractivity (Wildman–Crippen MR) is 92.3 cm³/mol. The Hall–Kier alpha value is -1.12. The molecule has 0 N–H and O–H groups in total. The largest absolute Gasteiger partial charge is 0.463 e. The molecule has 0 aromatic carbocycles. The second-order valence-corrected chi connectivity index (χ2v) is 9.15. The summed E-state index contributed by atoms with van der Waals surface area (Å²) >= 11 is 0. The summed E-state index contributed by atoms with van der Waals surface area (Å²) in [6.45, 7) is 6.18. The first-order valence-electron chi connectivity index (χ1n) is 9.75. The van der Waals surface area contributed by atoms with E-state index in [0.717, 1.165) is 38.5 Å². The molecular weight excluding hydrogens is 300 g/mol. The molecule has 4 rings (SSSR count). The van der Waals surface area contributed by atoms with Gasteiger partial charge in [0.05, 0.1) is 0 Å². The number of esters is 1. The lowest BCUT2D eigenvalue weighted by atomic mass is 9.49. The summed E-state index contributed by atoms with van der Waals surface area (Å²) in [6, 6.07) is 0. The van der Waals surface area contributed by atoms with E-state index in [1.54, 1.807) is 5.57 Å². The van der Waals surface area contributed by atoms with E-state index in [9.17, 15) is 9.59 Å². The van der Waals surface area contributed by atoms with Crippen LogP contribution < -0.4 is 0 Å². The van der Waals surface area contributed by atoms with Crippen molar-refractivity contribution in [2.45, 2.75) is 78.2 Å². The lowest BCUT2D eigenvalue weighted by molar-refractivity contribution is -0.151. The number of ether oxygens (including phenoxy) is 1. The summed E-state index contributed by atoms with van der Waals surface area (Å²) in [6.07, 6.45) is 10.9. The normalized spacial score (nSPS) is 47.3. The standard InChI is InChI=1S/C21H30O3/c1-13(22)24-15-8-10-20(2)14(12-15)4-5-16-17-6-7-19(23)21(17,3)11-9-18(16)20/h9,14-17H,4-8,10-12H2,1-3H3. The van der Waals surface area contributed by atoms with Gasteiger partial charge in [0.25, 0.3) is 0 Å². The van der Waals surface area contributed by atoms with Crippen molar-refractivity contribution >= 4 is 11.8 Å². The summed E-state index contributed by atoms with van der Waals surface area (Å²) in [5, 5.41) is 0. The van der Waals surface area contributed by atoms with Crippen LogP contribution in [0.15, 0.2) is 11.6 Å². The molecule has 3 fully saturated rings. The smallest absolute Gasteiger partial charge is 0.302 e. The Labute approximate surface area is 145 Å². The number of fused-ring (bicyclic) bond motifs is 5. The van der Waals surface area contributed by atoms with Crippen molar-refractivity contribution in [2.75, 3.05) is 0 Å². The molecule has 0 radical (unpaired) electrons. The van der Waals surface area contributed by atoms with Crippen LogP contribution in [-0.4, -0.2) is 17.9 Å². The van der Waals surface area contributed by atoms with Gasteiger partial charge in [0.15, 0.2) is 0 Å². The van der Waals surface area contributed by atoms with Gasteiger partial charge in [-0.2, -0.15) is 0 Å². The lowest BCUT2D eigenvalue weighted by Gasteiger charge is -2.56. The number of rotatable bonds is 1. The molecular formula is C21H30O3. The maximum atomic E-state index is 12.4. The SMILES string of the molecule is CC(=O)OC1CCC2(C)C3=CCC4(C)C(=O)CCC4C3CCC2C1. The third kappa shape index (κ3) is 2.23. The van der Waals surface area contributed by atoms with Crippen LogP contribution in [0.25, 0.3) is 0 Å². The van der Waals surface area contributed by atoms with Crippen LogP contribution in [0, 0.1) is 28.6 Å². The zero-order valence-corrected chi connectivity index (χ0v) is 15.3. The second kappa shape index (κ2) is 5.44. The molecule has 0 aromatic heterocycles. The van der Waals surface area contributed by atoms with Crippen LogP contribution >= 0.6 is 0 Å². The number of allylic oxidation sites excluding steroid dienone is 2. The van der Waals surface area contributed by atoms with Crippen LogP contribution in [0.3, 0.4) is 0 Å². The molecule has 3 heteroatoms. The van der Waals surface area contributed by atoms with Gasteiger partial charge in [-0.15, -0.1) is 0 Å². The molecule has 6 atom stereocenters. The molecule has 0 saturated heterocycles. The first-order chi connectivity index (χ1) is 11.3. The average molecular weight is 330 g/mol. The number of hydrogen-bond acceptors (Lipinski definition) is 3. The zero-order valence-electron chi connectivity index (χ0n) is 15.3. The van der Waals surface area contributed by atoms with E-state index < -0.39 is 0 Å². The van der Waals surface area contributed by atoms with E-state index in [4.69, 9.17) is 4.74 Å². The molecule has 0 amide bonds. The Bertz CT molecular complexity index is 606. The Morgan fingerprint density at radius 1 is 1.17 bits per heavy atom. The Kier molecular flexibility index (Phi) is 3.71. The van der Waals surface area contributed by atoms with Crippen LogP contribution in [0.2, 0.25) is 0 Å². The highest BCUT2D eigenvalue weighted by Gasteiger charge is 2.57. The third-order valence-electron chi connectivity index (χ3n) is 8.02. The highest BCUT2D eigenvalue weighted by Crippen LogP contribution is 2.63. The summed E-state index contributed by atoms with van der Waals surface area (Å²) in [7, 11) is 0. The van der Waals surface area contributed by atoms with Crippen LogP contribution in [0.4, 0.5) is 0 Å². The van der Waals surface area contributed by atoms with Gasteiger partial charge >= 0.3 is 5.97 Å². The summed E-state index contributed by atoms with van der Waals surface area (Å²) in [4.78, 5) is 23.7. The van der Waals surface area contributed by atoms with Gasteiger partial charge in [-0.3, -0.25) is 9.59 Å². The monoisotopic (exact) mass is 330 g/mol. The van der Waals surface area contributed by atoms with Crippen molar-refractivity contribution in [3.8, 4) is 0 Å². The van der Waals surface area contributed by atoms with Gasteiger partial charge in [-0.25, -0.2) is 0 Å². The lowest BCUT2D eigenvalue weighted by Crippen LogP contribution is -2.49. The van der Waals surface area contributed by atoms with E-state index in [0.29, 0.717) is 23.5 Å². The van der Waals surface area contributed by atoms with Crippen molar-refractivity contribution in [1.29, 1.82) is 0 Å². The molecule has 4 aliphatic rings. The van der Waals surface area contributed by atoms with E-state index in [1.807, 2.05) is 0 Å². The highest BCUT2D eigenvalue weighted by atomic mass is 16.5. The molecule has 6 unspecified atom stereocenters.